The molecule has 1 aromatic carbocycles. The summed E-state index contributed by atoms with van der Waals surface area (Å²) in [5.74, 6) is -0.507. The number of sulfone groups is 1. The zero-order chi connectivity index (χ0) is 17.0. The Bertz CT molecular complexity index is 798. The molecule has 0 bridgehead atoms. The fourth-order valence-electron chi connectivity index (χ4n) is 2.15. The van der Waals surface area contributed by atoms with Crippen molar-refractivity contribution < 1.29 is 13.2 Å². The van der Waals surface area contributed by atoms with Gasteiger partial charge in [0, 0.05) is 5.69 Å². The van der Waals surface area contributed by atoms with Gasteiger partial charge in [-0.25, -0.2) is 8.42 Å². The maximum Gasteiger partial charge on any atom is 0.239 e. The third-order valence-corrected chi connectivity index (χ3v) is 4.81. The molecule has 0 saturated carbocycles. The predicted molar refractivity (Wildman–Crippen MR) is 86.0 cm³/mol. The van der Waals surface area contributed by atoms with Crippen molar-refractivity contribution in [2.24, 2.45) is 5.92 Å². The van der Waals surface area contributed by atoms with Crippen molar-refractivity contribution in [1.82, 2.24) is 20.2 Å². The first kappa shape index (κ1) is 17.1. The number of aromatic nitrogens is 4. The molecule has 1 N–H and O–H groups in total. The maximum atomic E-state index is 11.9. The molecule has 23 heavy (non-hydrogen) atoms. The summed E-state index contributed by atoms with van der Waals surface area (Å²) in [4.78, 5) is 11.9. The zero-order valence-electron chi connectivity index (χ0n) is 13.2. The number of nitrogens with zero attached hydrogens (tertiary/aromatic N) is 4. The van der Waals surface area contributed by atoms with Gasteiger partial charge < -0.3 is 5.32 Å². The lowest BCUT2D eigenvalue weighted by Gasteiger charge is -2.09. The van der Waals surface area contributed by atoms with E-state index in [0.717, 1.165) is 0 Å². The first-order valence-corrected chi connectivity index (χ1v) is 8.94. The van der Waals surface area contributed by atoms with Crippen LogP contribution in [0.25, 0.3) is 5.69 Å². The van der Waals surface area contributed by atoms with Gasteiger partial charge in [-0.3, -0.25) is 4.79 Å². The Kier molecular flexibility index (Phi) is 5.09. The molecule has 0 saturated heterocycles. The van der Waals surface area contributed by atoms with E-state index in [1.807, 2.05) is 0 Å². The largest absolute Gasteiger partial charge is 0.325 e. The van der Waals surface area contributed by atoms with Gasteiger partial charge in [-0.15, -0.1) is 5.10 Å². The molecule has 0 atom stereocenters. The molecule has 1 heterocycles. The average Bonchev–Trinajstić information content (AvgIpc) is 2.82. The molecule has 0 fully saturated rings. The summed E-state index contributed by atoms with van der Waals surface area (Å²) < 4.78 is 25.2. The van der Waals surface area contributed by atoms with Gasteiger partial charge in [0.1, 0.15) is 5.75 Å². The van der Waals surface area contributed by atoms with Gasteiger partial charge in [-0.1, -0.05) is 19.9 Å². The van der Waals surface area contributed by atoms with E-state index in [2.05, 4.69) is 20.8 Å². The molecular formula is C14H19N5O3S. The van der Waals surface area contributed by atoms with E-state index in [0.29, 0.717) is 17.2 Å². The van der Waals surface area contributed by atoms with Crippen molar-refractivity contribution >= 4 is 21.4 Å². The van der Waals surface area contributed by atoms with E-state index in [9.17, 15) is 13.2 Å². The van der Waals surface area contributed by atoms with E-state index < -0.39 is 21.5 Å². The van der Waals surface area contributed by atoms with Crippen LogP contribution in [0.15, 0.2) is 24.3 Å². The highest BCUT2D eigenvalue weighted by Crippen LogP contribution is 2.15. The van der Waals surface area contributed by atoms with Crippen LogP contribution in [0, 0.1) is 12.8 Å². The summed E-state index contributed by atoms with van der Waals surface area (Å²) in [7, 11) is -3.41. The summed E-state index contributed by atoms with van der Waals surface area (Å²) >= 11 is 0. The Morgan fingerprint density at radius 1 is 1.35 bits per heavy atom. The minimum Gasteiger partial charge on any atom is -0.325 e. The fourth-order valence-corrected chi connectivity index (χ4v) is 3.75. The summed E-state index contributed by atoms with van der Waals surface area (Å²) in [5, 5.41) is 13.8. The number of hydrogen-bond acceptors (Lipinski definition) is 6. The van der Waals surface area contributed by atoms with Gasteiger partial charge in [0.25, 0.3) is 0 Å². The van der Waals surface area contributed by atoms with Crippen LogP contribution < -0.4 is 5.32 Å². The average molecular weight is 337 g/mol. The summed E-state index contributed by atoms with van der Waals surface area (Å²) in [6.07, 6.45) is 0. The number of carbonyl (C=O) groups is 1. The molecule has 0 aliphatic rings. The predicted octanol–water partition coefficient (Wildman–Crippen LogP) is 0.980. The molecular weight excluding hydrogens is 318 g/mol. The highest BCUT2D eigenvalue weighted by atomic mass is 32.2. The molecule has 0 aliphatic carbocycles. The van der Waals surface area contributed by atoms with Crippen LogP contribution in [0.1, 0.15) is 19.7 Å². The number of anilines is 1. The summed E-state index contributed by atoms with van der Waals surface area (Å²) in [6, 6.07) is 6.87. The quantitative estimate of drug-likeness (QED) is 0.842. The number of amides is 1. The minimum atomic E-state index is -3.41. The third kappa shape index (κ3) is 4.85. The van der Waals surface area contributed by atoms with Gasteiger partial charge >= 0.3 is 0 Å². The number of hydrogen-bond donors (Lipinski definition) is 1. The smallest absolute Gasteiger partial charge is 0.239 e. The van der Waals surface area contributed by atoms with Crippen molar-refractivity contribution in [2.45, 2.75) is 20.8 Å². The van der Waals surface area contributed by atoms with Crippen LogP contribution in [0.4, 0.5) is 5.69 Å². The standard InChI is InChI=1S/C14H19N5O3S/c1-10(2)8-23(21,22)9-14(20)15-12-5-4-6-13(7-12)19-11(3)16-17-18-19/h4-7,10H,8-9H2,1-3H3,(H,15,20). The van der Waals surface area contributed by atoms with Crippen molar-refractivity contribution in [1.29, 1.82) is 0 Å². The first-order chi connectivity index (χ1) is 10.8. The van der Waals surface area contributed by atoms with Crippen LogP contribution in [0.5, 0.6) is 0 Å². The Hall–Kier alpha value is -2.29. The van der Waals surface area contributed by atoms with Crippen molar-refractivity contribution in [3.63, 3.8) is 0 Å². The lowest BCUT2D eigenvalue weighted by molar-refractivity contribution is -0.113. The van der Waals surface area contributed by atoms with Gasteiger partial charge in [-0.05, 0) is 41.5 Å². The Labute approximate surface area is 134 Å². The summed E-state index contributed by atoms with van der Waals surface area (Å²) in [5.41, 5.74) is 1.16. The number of aryl methyl sites for hydroxylation is 1. The van der Waals surface area contributed by atoms with Crippen LogP contribution in [-0.4, -0.2) is 46.0 Å². The first-order valence-electron chi connectivity index (χ1n) is 7.12. The molecule has 0 aliphatic heterocycles. The second kappa shape index (κ2) is 6.86. The van der Waals surface area contributed by atoms with Crippen molar-refractivity contribution in [2.75, 3.05) is 16.8 Å². The highest BCUT2D eigenvalue weighted by molar-refractivity contribution is 7.92. The Morgan fingerprint density at radius 2 is 2.09 bits per heavy atom. The van der Waals surface area contributed by atoms with Crippen LogP contribution >= 0.6 is 0 Å². The topological polar surface area (TPSA) is 107 Å². The van der Waals surface area contributed by atoms with E-state index in [-0.39, 0.29) is 11.7 Å². The van der Waals surface area contributed by atoms with E-state index in [4.69, 9.17) is 0 Å². The Balaban J connectivity index is 2.09. The lowest BCUT2D eigenvalue weighted by Crippen LogP contribution is -2.26. The summed E-state index contributed by atoms with van der Waals surface area (Å²) in [6.45, 7) is 5.35. The Morgan fingerprint density at radius 3 is 2.70 bits per heavy atom. The number of benzene rings is 1. The SMILES string of the molecule is Cc1nnnn1-c1cccc(NC(=O)CS(=O)(=O)CC(C)C)c1. The fraction of sp³-hybridized carbons (Fsp3) is 0.429. The van der Waals surface area contributed by atoms with Crippen LogP contribution in [0.3, 0.4) is 0 Å². The number of carbonyl (C=O) groups excluding carboxylic acids is 1. The van der Waals surface area contributed by atoms with E-state index in [1.165, 1.54) is 4.68 Å². The second-order valence-electron chi connectivity index (χ2n) is 5.68. The molecule has 124 valence electrons. The molecule has 0 radical (unpaired) electrons. The lowest BCUT2D eigenvalue weighted by atomic mass is 10.2. The monoisotopic (exact) mass is 337 g/mol. The third-order valence-electron chi connectivity index (χ3n) is 2.94. The van der Waals surface area contributed by atoms with Crippen LogP contribution in [-0.2, 0) is 14.6 Å². The molecule has 8 nitrogen and oxygen atoms in total. The molecule has 1 aromatic heterocycles. The maximum absolute atomic E-state index is 11.9. The highest BCUT2D eigenvalue weighted by Gasteiger charge is 2.18. The number of tetrazole rings is 1. The number of rotatable bonds is 6. The molecule has 2 aromatic rings. The zero-order valence-corrected chi connectivity index (χ0v) is 14.0. The normalized spacial score (nSPS) is 11.7. The molecule has 9 heteroatoms. The van der Waals surface area contributed by atoms with Crippen LogP contribution in [0.2, 0.25) is 0 Å². The second-order valence-corrected chi connectivity index (χ2v) is 7.79. The number of nitrogens with one attached hydrogen (secondary N) is 1. The van der Waals surface area contributed by atoms with Crippen molar-refractivity contribution in [3.8, 4) is 5.69 Å². The van der Waals surface area contributed by atoms with E-state index in [1.54, 1.807) is 45.0 Å². The van der Waals surface area contributed by atoms with Gasteiger partial charge in [0.2, 0.25) is 5.91 Å². The molecule has 0 unspecified atom stereocenters. The van der Waals surface area contributed by atoms with E-state index >= 15 is 0 Å². The van der Waals surface area contributed by atoms with Gasteiger partial charge in [-0.2, -0.15) is 4.68 Å². The van der Waals surface area contributed by atoms with Gasteiger partial charge in [0.15, 0.2) is 15.7 Å². The molecule has 2 rings (SSSR count). The molecule has 0 spiro atoms. The molecule has 1 amide bonds. The minimum absolute atomic E-state index is 0.00964. The van der Waals surface area contributed by atoms with Gasteiger partial charge in [0.05, 0.1) is 11.4 Å². The van der Waals surface area contributed by atoms with Crippen molar-refractivity contribution in [3.05, 3.63) is 30.1 Å².